The minimum atomic E-state index is 0.288. The minimum Gasteiger partial charge on any atom is -0.375 e. The zero-order chi connectivity index (χ0) is 14.7. The van der Waals surface area contributed by atoms with Gasteiger partial charge < -0.3 is 15.8 Å². The molecule has 1 aromatic carbocycles. The largest absolute Gasteiger partial charge is 0.375 e. The van der Waals surface area contributed by atoms with E-state index < -0.39 is 0 Å². The van der Waals surface area contributed by atoms with Crippen molar-refractivity contribution in [2.45, 2.75) is 58.8 Å². The van der Waals surface area contributed by atoms with Gasteiger partial charge in [0.15, 0.2) is 5.96 Å². The first-order valence-electron chi connectivity index (χ1n) is 7.26. The number of nitrogens with two attached hydrogens (primary N) is 1. The summed E-state index contributed by atoms with van der Waals surface area (Å²) >= 11 is 0. The number of rotatable bonds is 4. The van der Waals surface area contributed by atoms with E-state index in [1.165, 1.54) is 11.1 Å². The maximum Gasteiger partial charge on any atom is 0.193 e. The zero-order valence-electron chi connectivity index (χ0n) is 12.8. The molecule has 0 aliphatic heterocycles. The second-order valence-electron chi connectivity index (χ2n) is 5.95. The molecule has 1 aliphatic carbocycles. The van der Waals surface area contributed by atoms with Crippen LogP contribution in [-0.4, -0.2) is 24.2 Å². The van der Waals surface area contributed by atoms with Crippen LogP contribution < -0.4 is 11.1 Å². The molecule has 0 aromatic heterocycles. The van der Waals surface area contributed by atoms with Gasteiger partial charge >= 0.3 is 0 Å². The van der Waals surface area contributed by atoms with Crippen molar-refractivity contribution < 1.29 is 4.74 Å². The van der Waals surface area contributed by atoms with Crippen molar-refractivity contribution in [2.75, 3.05) is 5.32 Å². The summed E-state index contributed by atoms with van der Waals surface area (Å²) in [6.07, 6.45) is 2.56. The van der Waals surface area contributed by atoms with Crippen molar-refractivity contribution in [3.05, 3.63) is 29.3 Å². The predicted octanol–water partition coefficient (Wildman–Crippen LogP) is 2.99. The van der Waals surface area contributed by atoms with E-state index in [2.05, 4.69) is 56.2 Å². The maximum atomic E-state index is 5.96. The Balaban J connectivity index is 1.86. The molecule has 1 aromatic rings. The summed E-state index contributed by atoms with van der Waals surface area (Å²) in [6.45, 7) is 8.27. The van der Waals surface area contributed by atoms with Gasteiger partial charge in [-0.1, -0.05) is 6.07 Å². The monoisotopic (exact) mass is 275 g/mol. The molecule has 0 bridgehead atoms. The number of nitrogens with one attached hydrogen (secondary N) is 1. The Morgan fingerprint density at radius 3 is 2.40 bits per heavy atom. The average Bonchev–Trinajstić information content (AvgIpc) is 2.23. The van der Waals surface area contributed by atoms with E-state index in [1.54, 1.807) is 0 Å². The van der Waals surface area contributed by atoms with Gasteiger partial charge in [-0.05, 0) is 63.8 Å². The lowest BCUT2D eigenvalue weighted by molar-refractivity contribution is -0.0428. The van der Waals surface area contributed by atoms with Crippen molar-refractivity contribution in [1.29, 1.82) is 0 Å². The third-order valence-corrected chi connectivity index (χ3v) is 3.35. The number of aliphatic imine (C=N–C) groups is 1. The highest BCUT2D eigenvalue weighted by Crippen LogP contribution is 2.27. The summed E-state index contributed by atoms with van der Waals surface area (Å²) in [5, 5.41) is 3.17. The van der Waals surface area contributed by atoms with E-state index in [1.807, 2.05) is 0 Å². The molecule has 4 nitrogen and oxygen atoms in total. The number of hydrogen-bond donors (Lipinski definition) is 2. The molecule has 0 amide bonds. The number of ether oxygens (including phenoxy) is 1. The molecule has 2 rings (SSSR count). The van der Waals surface area contributed by atoms with E-state index in [9.17, 15) is 0 Å². The molecule has 0 heterocycles. The molecule has 0 spiro atoms. The van der Waals surface area contributed by atoms with Crippen molar-refractivity contribution in [3.63, 3.8) is 0 Å². The molecule has 1 aliphatic rings. The Morgan fingerprint density at radius 2 is 1.85 bits per heavy atom. The first kappa shape index (κ1) is 14.9. The lowest BCUT2D eigenvalue weighted by Gasteiger charge is -2.33. The smallest absolute Gasteiger partial charge is 0.193 e. The standard InChI is InChI=1S/C16H25N3O/c1-10(2)20-15-8-14(9-15)19-16(17)18-13-6-11(3)5-12(4)7-13/h5-7,10,14-15H,8-9H2,1-4H3,(H3,17,18,19). The Labute approximate surface area is 121 Å². The van der Waals surface area contributed by atoms with Crippen LogP contribution in [0.1, 0.15) is 37.8 Å². The van der Waals surface area contributed by atoms with Crippen LogP contribution in [-0.2, 0) is 4.74 Å². The van der Waals surface area contributed by atoms with Crippen molar-refractivity contribution >= 4 is 11.6 Å². The lowest BCUT2D eigenvalue weighted by Crippen LogP contribution is -2.38. The van der Waals surface area contributed by atoms with Gasteiger partial charge in [-0.25, -0.2) is 4.99 Å². The fraction of sp³-hybridized carbons (Fsp3) is 0.562. The van der Waals surface area contributed by atoms with Gasteiger partial charge in [-0.15, -0.1) is 0 Å². The quantitative estimate of drug-likeness (QED) is 0.656. The van der Waals surface area contributed by atoms with Crippen LogP contribution in [0.2, 0.25) is 0 Å². The van der Waals surface area contributed by atoms with Crippen LogP contribution in [0.25, 0.3) is 0 Å². The van der Waals surface area contributed by atoms with Gasteiger partial charge in [0.25, 0.3) is 0 Å². The third kappa shape index (κ3) is 4.23. The number of anilines is 1. The Kier molecular flexibility index (Phi) is 4.65. The zero-order valence-corrected chi connectivity index (χ0v) is 12.8. The second kappa shape index (κ2) is 6.27. The molecule has 20 heavy (non-hydrogen) atoms. The van der Waals surface area contributed by atoms with E-state index in [0.29, 0.717) is 12.1 Å². The first-order valence-corrected chi connectivity index (χ1v) is 7.26. The van der Waals surface area contributed by atoms with Crippen LogP contribution in [0.4, 0.5) is 5.69 Å². The average molecular weight is 275 g/mol. The molecule has 1 saturated carbocycles. The lowest BCUT2D eigenvalue weighted by atomic mass is 9.90. The number of guanidine groups is 1. The topological polar surface area (TPSA) is 59.6 Å². The number of benzene rings is 1. The van der Waals surface area contributed by atoms with E-state index in [-0.39, 0.29) is 12.1 Å². The molecular weight excluding hydrogens is 250 g/mol. The molecule has 0 unspecified atom stereocenters. The second-order valence-corrected chi connectivity index (χ2v) is 5.95. The fourth-order valence-electron chi connectivity index (χ4n) is 2.56. The Bertz CT molecular complexity index is 470. The molecule has 110 valence electrons. The molecule has 4 heteroatoms. The highest BCUT2D eigenvalue weighted by molar-refractivity contribution is 5.92. The highest BCUT2D eigenvalue weighted by Gasteiger charge is 2.30. The first-order chi connectivity index (χ1) is 9.42. The predicted molar refractivity (Wildman–Crippen MR) is 84.2 cm³/mol. The van der Waals surface area contributed by atoms with Crippen LogP contribution in [0.15, 0.2) is 23.2 Å². The Morgan fingerprint density at radius 1 is 1.25 bits per heavy atom. The van der Waals surface area contributed by atoms with Gasteiger partial charge in [0.1, 0.15) is 0 Å². The van der Waals surface area contributed by atoms with E-state index >= 15 is 0 Å². The molecule has 3 N–H and O–H groups in total. The van der Waals surface area contributed by atoms with Gasteiger partial charge in [-0.3, -0.25) is 0 Å². The normalized spacial score (nSPS) is 22.8. The van der Waals surface area contributed by atoms with Crippen molar-refractivity contribution in [3.8, 4) is 0 Å². The number of nitrogens with zero attached hydrogens (tertiary/aromatic N) is 1. The Hall–Kier alpha value is -1.55. The maximum absolute atomic E-state index is 5.96. The molecule has 0 radical (unpaired) electrons. The summed E-state index contributed by atoms with van der Waals surface area (Å²) < 4.78 is 5.72. The SMILES string of the molecule is Cc1cc(C)cc(NC(N)=NC2CC(OC(C)C)C2)c1. The highest BCUT2D eigenvalue weighted by atomic mass is 16.5. The number of hydrogen-bond acceptors (Lipinski definition) is 2. The van der Waals surface area contributed by atoms with E-state index in [4.69, 9.17) is 10.5 Å². The third-order valence-electron chi connectivity index (χ3n) is 3.35. The molecule has 0 saturated heterocycles. The van der Waals surface area contributed by atoms with Crippen LogP contribution in [0, 0.1) is 13.8 Å². The molecular formula is C16H25N3O. The summed E-state index contributed by atoms with van der Waals surface area (Å²) in [6, 6.07) is 6.57. The van der Waals surface area contributed by atoms with Crippen LogP contribution in [0.3, 0.4) is 0 Å². The van der Waals surface area contributed by atoms with Crippen LogP contribution >= 0.6 is 0 Å². The molecule has 1 fully saturated rings. The van der Waals surface area contributed by atoms with Crippen LogP contribution in [0.5, 0.6) is 0 Å². The number of aryl methyl sites for hydroxylation is 2. The fourth-order valence-corrected chi connectivity index (χ4v) is 2.56. The van der Waals surface area contributed by atoms with Gasteiger partial charge in [0, 0.05) is 5.69 Å². The molecule has 0 atom stereocenters. The summed E-state index contributed by atoms with van der Waals surface area (Å²) in [5.74, 6) is 0.489. The van der Waals surface area contributed by atoms with Crippen molar-refractivity contribution in [1.82, 2.24) is 0 Å². The summed E-state index contributed by atoms with van der Waals surface area (Å²) in [5.41, 5.74) is 9.39. The van der Waals surface area contributed by atoms with Gasteiger partial charge in [-0.2, -0.15) is 0 Å². The van der Waals surface area contributed by atoms with Gasteiger partial charge in [0.05, 0.1) is 18.2 Å². The van der Waals surface area contributed by atoms with Gasteiger partial charge in [0.2, 0.25) is 0 Å². The minimum absolute atomic E-state index is 0.288. The summed E-state index contributed by atoms with van der Waals surface area (Å²) in [4.78, 5) is 4.50. The van der Waals surface area contributed by atoms with E-state index in [0.717, 1.165) is 18.5 Å². The summed E-state index contributed by atoms with van der Waals surface area (Å²) in [7, 11) is 0. The van der Waals surface area contributed by atoms with Crippen molar-refractivity contribution in [2.24, 2.45) is 10.7 Å².